The van der Waals surface area contributed by atoms with Crippen LogP contribution in [0.2, 0.25) is 0 Å². The highest BCUT2D eigenvalue weighted by Crippen LogP contribution is 2.69. The molecule has 0 aromatic heterocycles. The van der Waals surface area contributed by atoms with Crippen molar-refractivity contribution in [3.05, 3.63) is 0 Å². The second-order valence-corrected chi connectivity index (χ2v) is 10.6. The van der Waals surface area contributed by atoms with E-state index in [9.17, 15) is 4.79 Å². The van der Waals surface area contributed by atoms with Crippen molar-refractivity contribution in [3.8, 4) is 0 Å². The van der Waals surface area contributed by atoms with Crippen LogP contribution in [0.4, 0.5) is 0 Å². The summed E-state index contributed by atoms with van der Waals surface area (Å²) in [5.74, 6) is 2.71. The highest BCUT2D eigenvalue weighted by Gasteiger charge is 2.67. The summed E-state index contributed by atoms with van der Waals surface area (Å²) in [6.07, 6.45) is 11.1. The maximum absolute atomic E-state index is 11.4. The summed E-state index contributed by atoms with van der Waals surface area (Å²) in [7, 11) is 0. The van der Waals surface area contributed by atoms with Crippen molar-refractivity contribution in [2.75, 3.05) is 13.2 Å². The molecule has 0 aromatic rings. The molecule has 4 aliphatic carbocycles. The van der Waals surface area contributed by atoms with Gasteiger partial charge in [0.2, 0.25) is 0 Å². The van der Waals surface area contributed by atoms with Gasteiger partial charge in [-0.15, -0.1) is 0 Å². The number of fused-ring (bicyclic) bond motifs is 6. The topological polar surface area (TPSA) is 44.8 Å². The Balaban J connectivity index is 1.37. The lowest BCUT2D eigenvalue weighted by Crippen LogP contribution is -2.57. The molecule has 4 saturated carbocycles. The Morgan fingerprint density at radius 2 is 1.67 bits per heavy atom. The first-order valence-corrected chi connectivity index (χ1v) is 11.3. The molecular formula is C23H36O4. The van der Waals surface area contributed by atoms with Crippen molar-refractivity contribution in [1.29, 1.82) is 0 Å². The number of carbonyl (C=O) groups is 1. The number of carbonyl (C=O) groups excluding carboxylic acids is 1. The minimum absolute atomic E-state index is 0.112. The van der Waals surface area contributed by atoms with Crippen LogP contribution >= 0.6 is 0 Å². The van der Waals surface area contributed by atoms with Gasteiger partial charge in [0.1, 0.15) is 6.10 Å². The number of hydrogen-bond donors (Lipinski definition) is 0. The molecule has 5 rings (SSSR count). The largest absolute Gasteiger partial charge is 0.463 e. The maximum atomic E-state index is 11.4. The van der Waals surface area contributed by atoms with Gasteiger partial charge in [0.15, 0.2) is 5.79 Å². The molecule has 0 unspecified atom stereocenters. The summed E-state index contributed by atoms with van der Waals surface area (Å²) >= 11 is 0. The lowest BCUT2D eigenvalue weighted by molar-refractivity contribution is -0.248. The van der Waals surface area contributed by atoms with Crippen LogP contribution in [-0.2, 0) is 19.0 Å². The van der Waals surface area contributed by atoms with Gasteiger partial charge in [0.25, 0.3) is 0 Å². The van der Waals surface area contributed by atoms with Gasteiger partial charge in [0.05, 0.1) is 13.2 Å². The van der Waals surface area contributed by atoms with Crippen LogP contribution in [0.5, 0.6) is 0 Å². The second-order valence-electron chi connectivity index (χ2n) is 10.6. The van der Waals surface area contributed by atoms with Crippen LogP contribution in [0.1, 0.15) is 78.6 Å². The quantitative estimate of drug-likeness (QED) is 0.622. The first-order chi connectivity index (χ1) is 12.9. The minimum atomic E-state index is -0.284. The predicted octanol–water partition coefficient (Wildman–Crippen LogP) is 4.70. The average Bonchev–Trinajstić information content (AvgIpc) is 3.21. The third kappa shape index (κ3) is 2.51. The van der Waals surface area contributed by atoms with E-state index in [4.69, 9.17) is 14.2 Å². The number of esters is 1. The van der Waals surface area contributed by atoms with Crippen molar-refractivity contribution in [3.63, 3.8) is 0 Å². The van der Waals surface area contributed by atoms with Crippen molar-refractivity contribution >= 4 is 5.97 Å². The number of hydrogen-bond acceptors (Lipinski definition) is 4. The highest BCUT2D eigenvalue weighted by molar-refractivity contribution is 5.66. The molecule has 1 spiro atoms. The predicted molar refractivity (Wildman–Crippen MR) is 102 cm³/mol. The molecule has 27 heavy (non-hydrogen) atoms. The molecule has 5 aliphatic rings. The van der Waals surface area contributed by atoms with E-state index in [1.807, 2.05) is 0 Å². The molecule has 5 fully saturated rings. The van der Waals surface area contributed by atoms with Gasteiger partial charge in [-0.1, -0.05) is 13.8 Å². The zero-order valence-electron chi connectivity index (χ0n) is 17.3. The van der Waals surface area contributed by atoms with E-state index in [1.165, 1.54) is 38.5 Å². The molecule has 1 saturated heterocycles. The summed E-state index contributed by atoms with van der Waals surface area (Å²) < 4.78 is 18.1. The van der Waals surface area contributed by atoms with Gasteiger partial charge in [-0.2, -0.15) is 0 Å². The van der Waals surface area contributed by atoms with Gasteiger partial charge in [0, 0.05) is 18.8 Å². The number of rotatable bonds is 1. The summed E-state index contributed by atoms with van der Waals surface area (Å²) in [5.41, 5.74) is 0.622. The van der Waals surface area contributed by atoms with E-state index in [0.717, 1.165) is 56.1 Å². The van der Waals surface area contributed by atoms with Gasteiger partial charge in [-0.05, 0) is 80.5 Å². The molecule has 0 N–H and O–H groups in total. The number of ether oxygens (including phenoxy) is 3. The van der Waals surface area contributed by atoms with Crippen LogP contribution < -0.4 is 0 Å². The summed E-state index contributed by atoms with van der Waals surface area (Å²) in [5, 5.41) is 0. The molecule has 0 bridgehead atoms. The zero-order valence-corrected chi connectivity index (χ0v) is 17.3. The molecule has 0 aromatic carbocycles. The Labute approximate surface area is 163 Å². The summed E-state index contributed by atoms with van der Waals surface area (Å²) in [6, 6.07) is 0. The Morgan fingerprint density at radius 1 is 0.926 bits per heavy atom. The first-order valence-electron chi connectivity index (χ1n) is 11.3. The molecule has 1 aliphatic heterocycles. The van der Waals surface area contributed by atoms with Gasteiger partial charge < -0.3 is 14.2 Å². The van der Waals surface area contributed by atoms with Crippen molar-refractivity contribution < 1.29 is 19.0 Å². The molecule has 152 valence electrons. The average molecular weight is 377 g/mol. The van der Waals surface area contributed by atoms with E-state index in [1.54, 1.807) is 6.92 Å². The van der Waals surface area contributed by atoms with Crippen molar-refractivity contribution in [2.45, 2.75) is 90.4 Å². The molecule has 7 atom stereocenters. The van der Waals surface area contributed by atoms with Crippen LogP contribution in [0, 0.1) is 34.5 Å². The summed E-state index contributed by atoms with van der Waals surface area (Å²) in [6.45, 7) is 8.13. The minimum Gasteiger partial charge on any atom is -0.463 e. The molecule has 4 nitrogen and oxygen atoms in total. The van der Waals surface area contributed by atoms with E-state index in [2.05, 4.69) is 13.8 Å². The lowest BCUT2D eigenvalue weighted by atomic mass is 9.45. The van der Waals surface area contributed by atoms with Gasteiger partial charge in [-0.3, -0.25) is 4.79 Å². The second kappa shape index (κ2) is 6.19. The molecule has 0 amide bonds. The fraction of sp³-hybridized carbons (Fsp3) is 0.957. The van der Waals surface area contributed by atoms with Crippen molar-refractivity contribution in [2.24, 2.45) is 34.5 Å². The zero-order chi connectivity index (χ0) is 18.9. The SMILES string of the molecule is CC(=O)O[C@@H]1CC[C@@]2(C)[C@@H](CC[C@H]3[C@H]4CCC5(OCCO5)[C@@]4(C)CC[C@@H]32)C1. The fourth-order valence-electron chi connectivity index (χ4n) is 8.45. The molecule has 1 heterocycles. The van der Waals surface area contributed by atoms with Crippen LogP contribution in [0.25, 0.3) is 0 Å². The maximum Gasteiger partial charge on any atom is 0.302 e. The smallest absolute Gasteiger partial charge is 0.302 e. The third-order valence-corrected chi connectivity index (χ3v) is 9.75. The van der Waals surface area contributed by atoms with Gasteiger partial charge >= 0.3 is 5.97 Å². The van der Waals surface area contributed by atoms with E-state index in [0.29, 0.717) is 5.41 Å². The molecule has 0 radical (unpaired) electrons. The first kappa shape index (κ1) is 18.4. The third-order valence-electron chi connectivity index (χ3n) is 9.75. The normalized spacial score (nSPS) is 50.7. The van der Waals surface area contributed by atoms with Crippen LogP contribution in [0.3, 0.4) is 0 Å². The van der Waals surface area contributed by atoms with Crippen LogP contribution in [0.15, 0.2) is 0 Å². The highest BCUT2D eigenvalue weighted by atomic mass is 16.7. The van der Waals surface area contributed by atoms with Crippen LogP contribution in [-0.4, -0.2) is 31.1 Å². The van der Waals surface area contributed by atoms with Gasteiger partial charge in [-0.25, -0.2) is 0 Å². The van der Waals surface area contributed by atoms with E-state index >= 15 is 0 Å². The fourth-order valence-corrected chi connectivity index (χ4v) is 8.45. The lowest BCUT2D eigenvalue weighted by Gasteiger charge is -2.61. The Hall–Kier alpha value is -0.610. The van der Waals surface area contributed by atoms with Crippen molar-refractivity contribution in [1.82, 2.24) is 0 Å². The Kier molecular flexibility index (Phi) is 4.22. The van der Waals surface area contributed by atoms with E-state index < -0.39 is 0 Å². The Bertz CT molecular complexity index is 611. The molecular weight excluding hydrogens is 340 g/mol. The molecule has 4 heteroatoms. The monoisotopic (exact) mass is 376 g/mol. The van der Waals surface area contributed by atoms with E-state index in [-0.39, 0.29) is 23.3 Å². The standard InChI is InChI=1S/C23H36O4/c1-15(24)27-17-6-9-21(2)16(14-17)4-5-18-19(21)7-10-22(3)20(18)8-11-23(22)25-12-13-26-23/h16-20H,4-14H2,1-3H3/t16-,17+,18+,19-,20+,21-,22-/m0/s1. The Morgan fingerprint density at radius 3 is 2.41 bits per heavy atom. The summed E-state index contributed by atoms with van der Waals surface area (Å²) in [4.78, 5) is 11.4.